The molecule has 1 atom stereocenters. The van der Waals surface area contributed by atoms with E-state index in [2.05, 4.69) is 38.2 Å². The van der Waals surface area contributed by atoms with E-state index in [-0.39, 0.29) is 5.41 Å². The normalized spacial score (nSPS) is 12.0. The lowest BCUT2D eigenvalue weighted by molar-refractivity contribution is -0.117. The van der Waals surface area contributed by atoms with Crippen molar-refractivity contribution in [1.29, 1.82) is 10.5 Å². The van der Waals surface area contributed by atoms with Crippen LogP contribution in [-0.2, 0) is 11.2 Å². The SMILES string of the molecule is CCc1c(C#N)c(SC(C(N)=O)c2ccccc2)nc(N(C)CCNCC(C)(C)C)c1C#N. The first-order valence-corrected chi connectivity index (χ1v) is 11.8. The molecule has 0 aliphatic rings. The lowest BCUT2D eigenvalue weighted by Crippen LogP contribution is -2.34. The van der Waals surface area contributed by atoms with E-state index in [4.69, 9.17) is 10.7 Å². The molecule has 0 saturated heterocycles. The van der Waals surface area contributed by atoms with Gasteiger partial charge in [-0.1, -0.05) is 69.8 Å². The van der Waals surface area contributed by atoms with Gasteiger partial charge in [-0.25, -0.2) is 4.98 Å². The molecule has 0 spiro atoms. The molecule has 0 radical (unpaired) electrons. The van der Waals surface area contributed by atoms with Crippen LogP contribution in [0.15, 0.2) is 35.4 Å². The number of nitrogens with zero attached hydrogens (tertiary/aromatic N) is 4. The minimum absolute atomic E-state index is 0.170. The molecule has 2 aromatic rings. The molecule has 0 aliphatic carbocycles. The molecule has 8 heteroatoms. The van der Waals surface area contributed by atoms with E-state index in [9.17, 15) is 15.3 Å². The summed E-state index contributed by atoms with van der Waals surface area (Å²) >= 11 is 1.15. The Morgan fingerprint density at radius 1 is 1.21 bits per heavy atom. The number of thioether (sulfide) groups is 1. The van der Waals surface area contributed by atoms with E-state index in [1.165, 1.54) is 0 Å². The number of primary amides is 1. The number of anilines is 1. The fraction of sp³-hybridized carbons (Fsp3) is 0.440. The number of pyridine rings is 1. The molecule has 2 rings (SSSR count). The van der Waals surface area contributed by atoms with Crippen molar-refractivity contribution in [3.63, 3.8) is 0 Å². The number of rotatable bonds is 10. The summed E-state index contributed by atoms with van der Waals surface area (Å²) in [4.78, 5) is 18.9. The van der Waals surface area contributed by atoms with E-state index in [0.29, 0.717) is 40.5 Å². The molecule has 1 unspecified atom stereocenters. The van der Waals surface area contributed by atoms with Gasteiger partial charge in [0.15, 0.2) is 0 Å². The monoisotopic (exact) mass is 464 g/mol. The van der Waals surface area contributed by atoms with Crippen LogP contribution in [0.4, 0.5) is 5.82 Å². The molecule has 0 fully saturated rings. The van der Waals surface area contributed by atoms with Gasteiger partial charge in [-0.2, -0.15) is 10.5 Å². The fourth-order valence-corrected chi connectivity index (χ4v) is 4.45. The van der Waals surface area contributed by atoms with Crippen LogP contribution in [0.1, 0.15) is 55.2 Å². The first kappa shape index (κ1) is 26.2. The van der Waals surface area contributed by atoms with E-state index in [0.717, 1.165) is 30.4 Å². The molecular formula is C25H32N6OS. The second kappa shape index (κ2) is 11.7. The van der Waals surface area contributed by atoms with Gasteiger partial charge in [0.2, 0.25) is 5.91 Å². The zero-order valence-electron chi connectivity index (χ0n) is 20.0. The quantitative estimate of drug-likeness (QED) is 0.406. The Hall–Kier alpha value is -3.07. The average Bonchev–Trinajstić information content (AvgIpc) is 2.78. The highest BCUT2D eigenvalue weighted by atomic mass is 32.2. The number of likely N-dealkylation sites (N-methyl/N-ethyl adjacent to an activating group) is 1. The van der Waals surface area contributed by atoms with Crippen LogP contribution in [0.25, 0.3) is 0 Å². The molecule has 1 aromatic heterocycles. The highest BCUT2D eigenvalue weighted by Gasteiger charge is 2.26. The van der Waals surface area contributed by atoms with Crippen molar-refractivity contribution in [3.05, 3.63) is 52.6 Å². The molecule has 1 heterocycles. The number of nitrogens with one attached hydrogen (secondary N) is 1. The third kappa shape index (κ3) is 6.95. The van der Waals surface area contributed by atoms with Crippen LogP contribution in [-0.4, -0.2) is 37.6 Å². The lowest BCUT2D eigenvalue weighted by Gasteiger charge is -2.24. The van der Waals surface area contributed by atoms with Crippen molar-refractivity contribution in [2.75, 3.05) is 31.6 Å². The Morgan fingerprint density at radius 2 is 1.85 bits per heavy atom. The molecule has 33 heavy (non-hydrogen) atoms. The highest BCUT2D eigenvalue weighted by molar-refractivity contribution is 8.00. The maximum Gasteiger partial charge on any atom is 0.235 e. The standard InChI is InChI=1S/C25H32N6OS/c1-6-18-19(14-26)23(31(5)13-12-29-16-25(2,3)4)30-24(20(18)15-27)33-21(22(28)32)17-10-8-7-9-11-17/h7-11,21,29H,6,12-13,16H2,1-5H3,(H2,28,32). The number of carbonyl (C=O) groups is 1. The minimum Gasteiger partial charge on any atom is -0.368 e. The predicted molar refractivity (Wildman–Crippen MR) is 133 cm³/mol. The lowest BCUT2D eigenvalue weighted by atomic mass is 9.97. The molecule has 1 aromatic carbocycles. The third-order valence-corrected chi connectivity index (χ3v) is 6.32. The van der Waals surface area contributed by atoms with Crippen LogP contribution >= 0.6 is 11.8 Å². The molecule has 0 saturated carbocycles. The van der Waals surface area contributed by atoms with E-state index in [1.807, 2.05) is 49.2 Å². The Morgan fingerprint density at radius 3 is 2.36 bits per heavy atom. The van der Waals surface area contributed by atoms with Gasteiger partial charge in [0.1, 0.15) is 28.2 Å². The van der Waals surface area contributed by atoms with Gasteiger partial charge in [0, 0.05) is 26.7 Å². The number of nitrogens with two attached hydrogens (primary N) is 1. The van der Waals surface area contributed by atoms with Crippen molar-refractivity contribution in [3.8, 4) is 12.1 Å². The van der Waals surface area contributed by atoms with Gasteiger partial charge in [0.25, 0.3) is 0 Å². The van der Waals surface area contributed by atoms with Crippen molar-refractivity contribution in [2.24, 2.45) is 11.1 Å². The average molecular weight is 465 g/mol. The molecule has 7 nitrogen and oxygen atoms in total. The van der Waals surface area contributed by atoms with Gasteiger partial charge in [0.05, 0.1) is 11.1 Å². The van der Waals surface area contributed by atoms with Crippen molar-refractivity contribution in [1.82, 2.24) is 10.3 Å². The topological polar surface area (TPSA) is 119 Å². The number of nitriles is 2. The Bertz CT molecular complexity index is 1050. The van der Waals surface area contributed by atoms with Gasteiger partial charge < -0.3 is 16.0 Å². The molecule has 3 N–H and O–H groups in total. The molecule has 1 amide bonds. The molecule has 0 aliphatic heterocycles. The van der Waals surface area contributed by atoms with Crippen LogP contribution in [0.3, 0.4) is 0 Å². The smallest absolute Gasteiger partial charge is 0.235 e. The van der Waals surface area contributed by atoms with Crippen LogP contribution in [0.2, 0.25) is 0 Å². The maximum absolute atomic E-state index is 12.3. The van der Waals surface area contributed by atoms with Gasteiger partial charge in [-0.3, -0.25) is 4.79 Å². The third-order valence-electron chi connectivity index (χ3n) is 5.06. The summed E-state index contributed by atoms with van der Waals surface area (Å²) in [5.41, 5.74) is 7.97. The fourth-order valence-electron chi connectivity index (χ4n) is 3.39. The van der Waals surface area contributed by atoms with Gasteiger partial charge >= 0.3 is 0 Å². The maximum atomic E-state index is 12.3. The number of hydrogen-bond donors (Lipinski definition) is 2. The Kier molecular flexibility index (Phi) is 9.28. The largest absolute Gasteiger partial charge is 0.368 e. The summed E-state index contributed by atoms with van der Waals surface area (Å²) in [5.74, 6) is -0.00901. The Labute approximate surface area is 201 Å². The number of benzene rings is 1. The number of hydrogen-bond acceptors (Lipinski definition) is 7. The second-order valence-electron chi connectivity index (χ2n) is 9.02. The summed E-state index contributed by atoms with van der Waals surface area (Å²) in [6.07, 6.45) is 0.498. The first-order valence-electron chi connectivity index (χ1n) is 10.9. The summed E-state index contributed by atoms with van der Waals surface area (Å²) in [6, 6.07) is 13.6. The summed E-state index contributed by atoms with van der Waals surface area (Å²) < 4.78 is 0. The number of aromatic nitrogens is 1. The van der Waals surface area contributed by atoms with Crippen molar-refractivity contribution in [2.45, 2.75) is 44.4 Å². The molecular weight excluding hydrogens is 432 g/mol. The number of amides is 1. The van der Waals surface area contributed by atoms with Crippen LogP contribution in [0, 0.1) is 28.1 Å². The zero-order valence-corrected chi connectivity index (χ0v) is 20.8. The highest BCUT2D eigenvalue weighted by Crippen LogP contribution is 2.39. The first-order chi connectivity index (χ1) is 15.6. The molecule has 0 bridgehead atoms. The van der Waals surface area contributed by atoms with Crippen LogP contribution in [0.5, 0.6) is 0 Å². The summed E-state index contributed by atoms with van der Waals surface area (Å²) in [6.45, 7) is 10.6. The summed E-state index contributed by atoms with van der Waals surface area (Å²) in [7, 11) is 1.88. The van der Waals surface area contributed by atoms with Crippen molar-refractivity contribution < 1.29 is 4.79 Å². The second-order valence-corrected chi connectivity index (χ2v) is 10.1. The van der Waals surface area contributed by atoms with E-state index in [1.54, 1.807) is 0 Å². The van der Waals surface area contributed by atoms with Crippen molar-refractivity contribution >= 4 is 23.5 Å². The molecule has 174 valence electrons. The predicted octanol–water partition coefficient (Wildman–Crippen LogP) is 3.78. The van der Waals surface area contributed by atoms with E-state index < -0.39 is 11.2 Å². The van der Waals surface area contributed by atoms with E-state index >= 15 is 0 Å². The minimum atomic E-state index is -0.699. The number of carbonyl (C=O) groups excluding carboxylic acids is 1. The Balaban J connectivity index is 2.45. The van der Waals surface area contributed by atoms with Crippen LogP contribution < -0.4 is 16.0 Å². The van der Waals surface area contributed by atoms with Gasteiger partial charge in [-0.05, 0) is 23.0 Å². The zero-order chi connectivity index (χ0) is 24.6. The van der Waals surface area contributed by atoms with Gasteiger partial charge in [-0.15, -0.1) is 0 Å². The summed E-state index contributed by atoms with van der Waals surface area (Å²) in [5, 5.41) is 22.9.